The van der Waals surface area contributed by atoms with Crippen molar-refractivity contribution in [1.29, 1.82) is 0 Å². The summed E-state index contributed by atoms with van der Waals surface area (Å²) in [5.74, 6) is -0.270. The molecule has 0 unspecified atom stereocenters. The average molecular weight is 364 g/mol. The van der Waals surface area contributed by atoms with Crippen molar-refractivity contribution >= 4 is 54.7 Å². The average Bonchev–Trinajstić information content (AvgIpc) is 3.03. The zero-order valence-corrected chi connectivity index (χ0v) is 15.4. The van der Waals surface area contributed by atoms with E-state index in [0.29, 0.717) is 5.69 Å². The molecule has 0 spiro atoms. The molecule has 4 heteroatoms. The molecule has 0 N–H and O–H groups in total. The van der Waals surface area contributed by atoms with Gasteiger partial charge < -0.3 is 4.40 Å². The zero-order chi connectivity index (χ0) is 19.2. The van der Waals surface area contributed by atoms with Gasteiger partial charge in [-0.25, -0.2) is 13.8 Å². The molecular weight excluding hydrogens is 349 g/mol. The molecule has 0 aliphatic carbocycles. The highest BCUT2D eigenvalue weighted by molar-refractivity contribution is 6.26. The third-order valence-corrected chi connectivity index (χ3v) is 5.92. The first-order valence-corrected chi connectivity index (χ1v) is 9.17. The molecule has 3 aromatic carbocycles. The first kappa shape index (κ1) is 15.4. The van der Waals surface area contributed by atoms with Crippen LogP contribution in [-0.4, -0.2) is 4.40 Å². The molecule has 3 heterocycles. The molecule has 0 atom stereocenters. The molecule has 6 rings (SSSR count). The van der Waals surface area contributed by atoms with Crippen LogP contribution in [0.25, 0.3) is 53.8 Å². The predicted octanol–water partition coefficient (Wildman–Crippen LogP) is 5.81. The van der Waals surface area contributed by atoms with Crippen molar-refractivity contribution < 1.29 is 8.96 Å². The Hall–Kier alpha value is -3.71. The Balaban J connectivity index is 2.17. The van der Waals surface area contributed by atoms with E-state index in [1.165, 1.54) is 5.56 Å². The molecule has 0 saturated carbocycles. The van der Waals surface area contributed by atoms with Crippen molar-refractivity contribution in [2.75, 3.05) is 0 Å². The maximum atomic E-state index is 14.6. The molecule has 0 bridgehead atoms. The van der Waals surface area contributed by atoms with Gasteiger partial charge >= 0.3 is 0 Å². The van der Waals surface area contributed by atoms with Gasteiger partial charge in [0.25, 0.3) is 0 Å². The summed E-state index contributed by atoms with van der Waals surface area (Å²) < 4.78 is 18.8. The summed E-state index contributed by atoms with van der Waals surface area (Å²) in [6, 6.07) is 15.2. The number of aryl methyl sites for hydroxylation is 2. The fourth-order valence-electron chi connectivity index (χ4n) is 4.79. The quantitative estimate of drug-likeness (QED) is 0.140. The van der Waals surface area contributed by atoms with Gasteiger partial charge in [-0.05, 0) is 35.4 Å². The molecule has 6 aromatic rings. The highest BCUT2D eigenvalue weighted by atomic mass is 19.1. The second-order valence-electron chi connectivity index (χ2n) is 7.44. The standard InChI is InChI=1S/C24H15FN3/c1-13-7-8-17-16-5-4-6-18(26-2)22(16)28-19-12-15(25)11-14-9-10-27(3)24(21(14)19)20(13)23(17)28/h4-12H,1,3H3/q+1. The van der Waals surface area contributed by atoms with Gasteiger partial charge in [-0.2, -0.15) is 0 Å². The third-order valence-electron chi connectivity index (χ3n) is 5.92. The van der Waals surface area contributed by atoms with Crippen molar-refractivity contribution in [3.05, 3.63) is 77.5 Å². The number of para-hydroxylation sites is 1. The van der Waals surface area contributed by atoms with Crippen molar-refractivity contribution in [3.63, 3.8) is 0 Å². The lowest BCUT2D eigenvalue weighted by Gasteiger charge is -2.13. The molecule has 3 nitrogen and oxygen atoms in total. The van der Waals surface area contributed by atoms with Crippen LogP contribution in [0.3, 0.4) is 0 Å². The van der Waals surface area contributed by atoms with Crippen LogP contribution in [0.1, 0.15) is 5.56 Å². The Kier molecular flexibility index (Phi) is 2.72. The summed E-state index contributed by atoms with van der Waals surface area (Å²) in [4.78, 5) is 3.77. The molecule has 132 valence electrons. The first-order valence-electron chi connectivity index (χ1n) is 9.17. The summed E-state index contributed by atoms with van der Waals surface area (Å²) >= 11 is 0. The van der Waals surface area contributed by atoms with E-state index >= 15 is 0 Å². The number of halogens is 1. The van der Waals surface area contributed by atoms with Crippen molar-refractivity contribution in [2.24, 2.45) is 7.05 Å². The molecule has 0 fully saturated rings. The van der Waals surface area contributed by atoms with Gasteiger partial charge in [-0.15, -0.1) is 0 Å². The van der Waals surface area contributed by atoms with Gasteiger partial charge in [0.05, 0.1) is 33.9 Å². The van der Waals surface area contributed by atoms with Gasteiger partial charge in [0.15, 0.2) is 6.20 Å². The van der Waals surface area contributed by atoms with E-state index in [-0.39, 0.29) is 5.82 Å². The number of fused-ring (bicyclic) bond motifs is 5. The van der Waals surface area contributed by atoms with Crippen LogP contribution in [0.15, 0.2) is 54.7 Å². The normalized spacial score (nSPS) is 12.1. The number of pyridine rings is 2. The number of nitrogens with zero attached hydrogens (tertiary/aromatic N) is 3. The van der Waals surface area contributed by atoms with Gasteiger partial charge in [0.1, 0.15) is 12.9 Å². The molecule has 28 heavy (non-hydrogen) atoms. The van der Waals surface area contributed by atoms with E-state index in [2.05, 4.69) is 38.9 Å². The monoisotopic (exact) mass is 364 g/mol. The highest BCUT2D eigenvalue weighted by Gasteiger charge is 2.24. The molecular formula is C24H15FN3+. The van der Waals surface area contributed by atoms with Gasteiger partial charge in [-0.1, -0.05) is 30.3 Å². The minimum absolute atomic E-state index is 0.270. The van der Waals surface area contributed by atoms with Crippen molar-refractivity contribution in [1.82, 2.24) is 4.40 Å². The predicted molar refractivity (Wildman–Crippen MR) is 111 cm³/mol. The lowest BCUT2D eigenvalue weighted by molar-refractivity contribution is -0.643. The Morgan fingerprint density at radius 1 is 1.00 bits per heavy atom. The Labute approximate surface area is 160 Å². The smallest absolute Gasteiger partial charge is 0.224 e. The van der Waals surface area contributed by atoms with Crippen LogP contribution in [0, 0.1) is 19.3 Å². The number of benzene rings is 3. The van der Waals surface area contributed by atoms with Crippen LogP contribution in [0.2, 0.25) is 0 Å². The minimum atomic E-state index is -0.270. The van der Waals surface area contributed by atoms with Crippen LogP contribution in [0.5, 0.6) is 0 Å². The topological polar surface area (TPSA) is 12.6 Å². The SMILES string of the molecule is [C-]#[N+]c1cccc2c3ccc(C)c4c3n(c3cc(F)cc5cc[n+](C)c4c53)c12. The van der Waals surface area contributed by atoms with E-state index in [0.717, 1.165) is 49.0 Å². The molecule has 0 saturated heterocycles. The zero-order valence-electron chi connectivity index (χ0n) is 15.4. The lowest BCUT2D eigenvalue weighted by atomic mass is 10.00. The van der Waals surface area contributed by atoms with E-state index < -0.39 is 0 Å². The van der Waals surface area contributed by atoms with Crippen LogP contribution in [0.4, 0.5) is 10.1 Å². The van der Waals surface area contributed by atoms with Crippen molar-refractivity contribution in [2.45, 2.75) is 6.92 Å². The maximum Gasteiger partial charge on any atom is 0.224 e. The number of hydrogen-bond donors (Lipinski definition) is 0. The van der Waals surface area contributed by atoms with E-state index in [1.807, 2.05) is 31.4 Å². The highest BCUT2D eigenvalue weighted by Crippen LogP contribution is 2.43. The number of aromatic nitrogens is 2. The minimum Gasteiger partial charge on any atom is -0.317 e. The van der Waals surface area contributed by atoms with Crippen LogP contribution in [-0.2, 0) is 7.05 Å². The van der Waals surface area contributed by atoms with E-state index in [9.17, 15) is 4.39 Å². The fourth-order valence-corrected chi connectivity index (χ4v) is 4.79. The van der Waals surface area contributed by atoms with Crippen LogP contribution < -0.4 is 4.57 Å². The van der Waals surface area contributed by atoms with Gasteiger partial charge in [-0.3, -0.25) is 0 Å². The molecule has 0 aliphatic rings. The lowest BCUT2D eigenvalue weighted by Crippen LogP contribution is -2.28. The number of rotatable bonds is 0. The molecule has 3 aromatic heterocycles. The van der Waals surface area contributed by atoms with Gasteiger partial charge in [0.2, 0.25) is 11.2 Å². The summed E-state index contributed by atoms with van der Waals surface area (Å²) in [7, 11) is 2.03. The van der Waals surface area contributed by atoms with Gasteiger partial charge in [0, 0.05) is 11.5 Å². The van der Waals surface area contributed by atoms with Crippen LogP contribution >= 0.6 is 0 Å². The summed E-state index contributed by atoms with van der Waals surface area (Å²) in [5, 5.41) is 5.15. The number of hydrogen-bond acceptors (Lipinski definition) is 0. The molecule has 0 amide bonds. The third kappa shape index (κ3) is 1.65. The second-order valence-corrected chi connectivity index (χ2v) is 7.44. The first-order chi connectivity index (χ1) is 13.6. The summed E-state index contributed by atoms with van der Waals surface area (Å²) in [6.45, 7) is 9.80. The maximum absolute atomic E-state index is 14.6. The van der Waals surface area contributed by atoms with E-state index in [4.69, 9.17) is 6.57 Å². The molecule has 0 radical (unpaired) electrons. The van der Waals surface area contributed by atoms with Crippen molar-refractivity contribution in [3.8, 4) is 0 Å². The Morgan fingerprint density at radius 3 is 2.64 bits per heavy atom. The second kappa shape index (κ2) is 4.96. The summed E-state index contributed by atoms with van der Waals surface area (Å²) in [6.07, 6.45) is 1.99. The summed E-state index contributed by atoms with van der Waals surface area (Å²) in [5.41, 5.74) is 5.54. The largest absolute Gasteiger partial charge is 0.317 e. The molecule has 0 aliphatic heterocycles. The van der Waals surface area contributed by atoms with E-state index in [1.54, 1.807) is 12.1 Å². The Bertz CT molecular complexity index is 1650. The fraction of sp³-hybridized carbons (Fsp3) is 0.0833. The Morgan fingerprint density at radius 2 is 1.82 bits per heavy atom.